The minimum Gasteiger partial charge on any atom is -0.481 e. The highest BCUT2D eigenvalue weighted by Crippen LogP contribution is 2.12. The first-order valence-electron chi connectivity index (χ1n) is 4.79. The van der Waals surface area contributed by atoms with Gasteiger partial charge in [0, 0.05) is 26.5 Å². The van der Waals surface area contributed by atoms with E-state index in [0.29, 0.717) is 13.0 Å². The molecule has 0 saturated heterocycles. The summed E-state index contributed by atoms with van der Waals surface area (Å²) >= 11 is 0. The summed E-state index contributed by atoms with van der Waals surface area (Å²) in [6.07, 6.45) is 1.84. The zero-order valence-corrected chi connectivity index (χ0v) is 10.3. The fourth-order valence-corrected chi connectivity index (χ4v) is 0.558. The van der Waals surface area contributed by atoms with Crippen molar-refractivity contribution in [2.45, 2.75) is 32.8 Å². The van der Waals surface area contributed by atoms with Crippen LogP contribution in [0.4, 0.5) is 0 Å². The number of carboxylic acids is 1. The summed E-state index contributed by atoms with van der Waals surface area (Å²) in [6, 6.07) is 0. The van der Waals surface area contributed by atoms with Crippen molar-refractivity contribution in [1.29, 1.82) is 0 Å². The molecule has 16 heavy (non-hydrogen) atoms. The average molecular weight is 232 g/mol. The normalized spacial score (nSPS) is 9.75. The van der Waals surface area contributed by atoms with Crippen molar-refractivity contribution in [3.8, 4) is 0 Å². The molecule has 0 bridgehead atoms. The molecule has 0 heterocycles. The number of carbonyl (C=O) groups excluding carboxylic acids is 1. The predicted octanol–water partition coefficient (Wildman–Crippen LogP) is 1.62. The number of hydrogen-bond donors (Lipinski definition) is 1. The number of ether oxygens (including phenoxy) is 2. The van der Waals surface area contributed by atoms with Gasteiger partial charge in [0.05, 0.1) is 12.2 Å². The van der Waals surface area contributed by atoms with Crippen molar-refractivity contribution < 1.29 is 24.2 Å². The van der Waals surface area contributed by atoms with Crippen molar-refractivity contribution >= 4 is 11.9 Å². The van der Waals surface area contributed by atoms with Crippen LogP contribution in [-0.2, 0) is 19.1 Å². The van der Waals surface area contributed by atoms with E-state index in [1.165, 1.54) is 0 Å². The highest BCUT2D eigenvalue weighted by atomic mass is 16.5. The van der Waals surface area contributed by atoms with Gasteiger partial charge < -0.3 is 14.6 Å². The van der Waals surface area contributed by atoms with Gasteiger partial charge in [-0.15, -0.1) is 0 Å². The molecule has 0 spiro atoms. The molecule has 0 aliphatic carbocycles. The fraction of sp³-hybridized carbons (Fsp3) is 0.636. The molecule has 5 heteroatoms. The molecule has 0 aromatic heterocycles. The van der Waals surface area contributed by atoms with E-state index in [2.05, 4.69) is 6.58 Å². The van der Waals surface area contributed by atoms with Crippen LogP contribution in [0.25, 0.3) is 0 Å². The third kappa shape index (κ3) is 15.1. The van der Waals surface area contributed by atoms with Gasteiger partial charge in [-0.05, 0) is 13.8 Å². The number of hydrogen-bond acceptors (Lipinski definition) is 4. The third-order valence-corrected chi connectivity index (χ3v) is 1.67. The molecule has 0 saturated carbocycles. The van der Waals surface area contributed by atoms with Gasteiger partial charge >= 0.3 is 5.97 Å². The van der Waals surface area contributed by atoms with E-state index < -0.39 is 5.97 Å². The summed E-state index contributed by atoms with van der Waals surface area (Å²) in [4.78, 5) is 19.6. The van der Waals surface area contributed by atoms with Gasteiger partial charge in [-0.25, -0.2) is 4.79 Å². The van der Waals surface area contributed by atoms with Gasteiger partial charge in [0.25, 0.3) is 5.97 Å². The van der Waals surface area contributed by atoms with E-state index in [4.69, 9.17) is 19.4 Å². The summed E-state index contributed by atoms with van der Waals surface area (Å²) in [5.41, 5.74) is -0.235. The van der Waals surface area contributed by atoms with Crippen LogP contribution in [0.5, 0.6) is 0 Å². The zero-order chi connectivity index (χ0) is 13.2. The molecule has 1 N–H and O–H groups in total. The number of rotatable bonds is 5. The van der Waals surface area contributed by atoms with Gasteiger partial charge in [-0.1, -0.05) is 6.58 Å². The summed E-state index contributed by atoms with van der Waals surface area (Å²) < 4.78 is 9.93. The lowest BCUT2D eigenvalue weighted by atomic mass is 10.1. The van der Waals surface area contributed by atoms with Gasteiger partial charge in [-0.2, -0.15) is 0 Å². The number of methoxy groups -OCH3 is 1. The largest absolute Gasteiger partial charge is 0.481 e. The van der Waals surface area contributed by atoms with Crippen molar-refractivity contribution in [1.82, 2.24) is 0 Å². The molecule has 0 rings (SSSR count). The topological polar surface area (TPSA) is 72.8 Å². The third-order valence-electron chi connectivity index (χ3n) is 1.67. The van der Waals surface area contributed by atoms with E-state index >= 15 is 0 Å². The van der Waals surface area contributed by atoms with E-state index in [-0.39, 0.29) is 11.6 Å². The van der Waals surface area contributed by atoms with Gasteiger partial charge in [0.2, 0.25) is 0 Å². The van der Waals surface area contributed by atoms with Gasteiger partial charge in [0.15, 0.2) is 0 Å². The zero-order valence-electron chi connectivity index (χ0n) is 10.3. The van der Waals surface area contributed by atoms with E-state index in [1.54, 1.807) is 7.11 Å². The Labute approximate surface area is 96.0 Å². The van der Waals surface area contributed by atoms with Crippen LogP contribution in [0, 0.1) is 0 Å². The smallest absolute Gasteiger partial charge is 0.330 e. The quantitative estimate of drug-likeness (QED) is 0.576. The summed E-state index contributed by atoms with van der Waals surface area (Å²) in [7, 11) is 1.63. The predicted molar refractivity (Wildman–Crippen MR) is 60.2 cm³/mol. The van der Waals surface area contributed by atoms with Crippen LogP contribution >= 0.6 is 0 Å². The maximum absolute atomic E-state index is 10.6. The molecular weight excluding hydrogens is 212 g/mol. The Kier molecular flexibility index (Phi) is 9.49. The minimum absolute atomic E-state index is 0.235. The first-order valence-corrected chi connectivity index (χ1v) is 4.79. The van der Waals surface area contributed by atoms with E-state index in [0.717, 1.165) is 13.0 Å². The number of esters is 1. The first kappa shape index (κ1) is 17.0. The fourth-order valence-electron chi connectivity index (χ4n) is 0.558. The highest BCUT2D eigenvalue weighted by molar-refractivity contribution is 5.81. The first-order chi connectivity index (χ1) is 7.25. The molecule has 0 aromatic carbocycles. The maximum atomic E-state index is 10.6. The Hall–Kier alpha value is -1.36. The Morgan fingerprint density at radius 3 is 2.19 bits per heavy atom. The van der Waals surface area contributed by atoms with Gasteiger partial charge in [-0.3, -0.25) is 4.79 Å². The molecule has 0 aliphatic rings. The number of aliphatic carboxylic acids is 1. The maximum Gasteiger partial charge on any atom is 0.330 e. The molecule has 0 aromatic rings. The second kappa shape index (κ2) is 8.91. The van der Waals surface area contributed by atoms with Gasteiger partial charge in [0.1, 0.15) is 0 Å². The standard InChI is InChI=1S/C9H16O3.C2H4O2/c1-5-8(10)12-7-6-9(2,3)11-4;1-2(3)4/h5H,1,6-7H2,2-4H3;1H3,(H,3,4). The van der Waals surface area contributed by atoms with Crippen LogP contribution in [0.2, 0.25) is 0 Å². The molecule has 94 valence electrons. The number of carbonyl (C=O) groups is 2. The van der Waals surface area contributed by atoms with Crippen molar-refractivity contribution in [3.63, 3.8) is 0 Å². The lowest BCUT2D eigenvalue weighted by molar-refractivity contribution is -0.139. The van der Waals surface area contributed by atoms with Crippen LogP contribution < -0.4 is 0 Å². The molecule has 0 radical (unpaired) electrons. The van der Waals surface area contributed by atoms with Crippen molar-refractivity contribution in [2.75, 3.05) is 13.7 Å². The average Bonchev–Trinajstić information content (AvgIpc) is 2.16. The molecule has 0 atom stereocenters. The molecule has 0 aliphatic heterocycles. The molecular formula is C11H20O5. The van der Waals surface area contributed by atoms with Crippen molar-refractivity contribution in [3.05, 3.63) is 12.7 Å². The number of carboxylic acid groups (broad SMARTS) is 1. The van der Waals surface area contributed by atoms with Crippen LogP contribution in [0.1, 0.15) is 27.2 Å². The van der Waals surface area contributed by atoms with E-state index in [9.17, 15) is 4.79 Å². The summed E-state index contributed by atoms with van der Waals surface area (Å²) in [5.74, 6) is -1.22. The lowest BCUT2D eigenvalue weighted by Crippen LogP contribution is -2.24. The second-order valence-corrected chi connectivity index (χ2v) is 3.60. The molecule has 0 amide bonds. The molecule has 0 unspecified atom stereocenters. The van der Waals surface area contributed by atoms with Crippen LogP contribution in [-0.4, -0.2) is 36.4 Å². The highest BCUT2D eigenvalue weighted by Gasteiger charge is 2.16. The van der Waals surface area contributed by atoms with E-state index in [1.807, 2.05) is 13.8 Å². The Morgan fingerprint density at radius 2 is 1.88 bits per heavy atom. The lowest BCUT2D eigenvalue weighted by Gasteiger charge is -2.21. The SMILES string of the molecule is C=CC(=O)OCCC(C)(C)OC.CC(=O)O. The Bertz CT molecular complexity index is 229. The minimum atomic E-state index is -0.833. The van der Waals surface area contributed by atoms with Crippen LogP contribution in [0.3, 0.4) is 0 Å². The molecule has 5 nitrogen and oxygen atoms in total. The summed E-state index contributed by atoms with van der Waals surface area (Å²) in [6.45, 7) is 8.62. The second-order valence-electron chi connectivity index (χ2n) is 3.60. The summed E-state index contributed by atoms with van der Waals surface area (Å²) in [5, 5.41) is 7.42. The molecule has 0 fully saturated rings. The monoisotopic (exact) mass is 232 g/mol. The Morgan fingerprint density at radius 1 is 1.44 bits per heavy atom. The van der Waals surface area contributed by atoms with Crippen LogP contribution in [0.15, 0.2) is 12.7 Å². The van der Waals surface area contributed by atoms with Crippen molar-refractivity contribution in [2.24, 2.45) is 0 Å². The Balaban J connectivity index is 0.